The van der Waals surface area contributed by atoms with E-state index in [1.165, 1.54) is 0 Å². The third-order valence-corrected chi connectivity index (χ3v) is 7.16. The van der Waals surface area contributed by atoms with Crippen LogP contribution in [0.15, 0.2) is 24.4 Å². The maximum absolute atomic E-state index is 12.4. The highest BCUT2D eigenvalue weighted by Crippen LogP contribution is 2.40. The average Bonchev–Trinajstić information content (AvgIpc) is 3.20. The topological polar surface area (TPSA) is 71.5 Å². The molecule has 1 aromatic heterocycles. The highest BCUT2D eigenvalue weighted by molar-refractivity contribution is 7.90. The van der Waals surface area contributed by atoms with Crippen LogP contribution in [0.1, 0.15) is 25.7 Å². The molecule has 3 heterocycles. The van der Waals surface area contributed by atoms with E-state index in [0.717, 1.165) is 31.5 Å². The summed E-state index contributed by atoms with van der Waals surface area (Å²) in [5, 5.41) is 3.24. The first-order valence-electron chi connectivity index (χ1n) is 7.88. The molecule has 3 aliphatic rings. The summed E-state index contributed by atoms with van der Waals surface area (Å²) in [6, 6.07) is 5.96. The van der Waals surface area contributed by atoms with Gasteiger partial charge in [0.15, 0.2) is 0 Å². The molecule has 22 heavy (non-hydrogen) atoms. The molecule has 2 aliphatic heterocycles. The van der Waals surface area contributed by atoms with E-state index in [4.69, 9.17) is 4.74 Å². The zero-order chi connectivity index (χ0) is 15.2. The van der Waals surface area contributed by atoms with Crippen LogP contribution < -0.4 is 5.32 Å². The molecule has 0 amide bonds. The molecule has 120 valence electrons. The van der Waals surface area contributed by atoms with Crippen LogP contribution in [0.5, 0.6) is 0 Å². The lowest BCUT2D eigenvalue weighted by molar-refractivity contribution is 0.0173. The van der Waals surface area contributed by atoms with E-state index >= 15 is 0 Å². The second kappa shape index (κ2) is 5.18. The third kappa shape index (κ3) is 2.61. The molecule has 2 saturated heterocycles. The molecule has 1 aliphatic carbocycles. The summed E-state index contributed by atoms with van der Waals surface area (Å²) in [6.07, 6.45) is 5.01. The van der Waals surface area contributed by atoms with Gasteiger partial charge in [-0.05, 0) is 31.4 Å². The Morgan fingerprint density at radius 1 is 1.36 bits per heavy atom. The van der Waals surface area contributed by atoms with Crippen LogP contribution >= 0.6 is 0 Å². The second-order valence-corrected chi connectivity index (χ2v) is 8.80. The van der Waals surface area contributed by atoms with Gasteiger partial charge in [0.05, 0.1) is 23.5 Å². The Hall–Kier alpha value is -1.18. The van der Waals surface area contributed by atoms with Crippen molar-refractivity contribution >= 4 is 15.8 Å². The lowest BCUT2D eigenvalue weighted by Gasteiger charge is -2.23. The van der Waals surface area contributed by atoms with E-state index < -0.39 is 10.0 Å². The number of nitrogens with zero attached hydrogens (tertiary/aromatic N) is 2. The van der Waals surface area contributed by atoms with Gasteiger partial charge in [0.25, 0.3) is 0 Å². The fraction of sp³-hybridized carbons (Fsp3) is 0.667. The summed E-state index contributed by atoms with van der Waals surface area (Å²) in [6.45, 7) is 1.70. The minimum absolute atomic E-state index is 0.133. The quantitative estimate of drug-likeness (QED) is 0.902. The van der Waals surface area contributed by atoms with Gasteiger partial charge in [0.2, 0.25) is 10.0 Å². The van der Waals surface area contributed by atoms with E-state index in [2.05, 4.69) is 10.3 Å². The Morgan fingerprint density at radius 2 is 2.23 bits per heavy atom. The Labute approximate surface area is 130 Å². The summed E-state index contributed by atoms with van der Waals surface area (Å²) in [7, 11) is -3.08. The molecule has 0 radical (unpaired) electrons. The Bertz CT molecular complexity index is 647. The molecule has 2 atom stereocenters. The van der Waals surface area contributed by atoms with Gasteiger partial charge in [0.1, 0.15) is 5.82 Å². The molecule has 0 aromatic carbocycles. The Kier molecular flexibility index (Phi) is 3.39. The van der Waals surface area contributed by atoms with Gasteiger partial charge in [-0.25, -0.2) is 13.4 Å². The molecular formula is C15H21N3O3S. The van der Waals surface area contributed by atoms with E-state index in [0.29, 0.717) is 19.7 Å². The second-order valence-electron chi connectivity index (χ2n) is 6.58. The van der Waals surface area contributed by atoms with Crippen molar-refractivity contribution in [3.8, 4) is 0 Å². The molecule has 7 heteroatoms. The van der Waals surface area contributed by atoms with Crippen molar-refractivity contribution in [1.82, 2.24) is 9.29 Å². The molecule has 1 N–H and O–H groups in total. The number of hydrogen-bond donors (Lipinski definition) is 1. The van der Waals surface area contributed by atoms with E-state index in [1.54, 1.807) is 10.5 Å². The zero-order valence-electron chi connectivity index (χ0n) is 12.4. The van der Waals surface area contributed by atoms with Crippen LogP contribution in [0.3, 0.4) is 0 Å². The van der Waals surface area contributed by atoms with Crippen LogP contribution in [-0.2, 0) is 14.8 Å². The van der Waals surface area contributed by atoms with Gasteiger partial charge < -0.3 is 10.1 Å². The largest absolute Gasteiger partial charge is 0.371 e. The van der Waals surface area contributed by atoms with Crippen molar-refractivity contribution in [1.29, 1.82) is 0 Å². The molecule has 1 spiro atoms. The number of sulfonamides is 1. The van der Waals surface area contributed by atoms with E-state index in [9.17, 15) is 8.42 Å². The van der Waals surface area contributed by atoms with Gasteiger partial charge in [-0.3, -0.25) is 0 Å². The fourth-order valence-electron chi connectivity index (χ4n) is 3.48. The number of pyridine rings is 1. The zero-order valence-corrected chi connectivity index (χ0v) is 13.3. The number of anilines is 1. The predicted octanol–water partition coefficient (Wildman–Crippen LogP) is 1.22. The number of nitrogens with one attached hydrogen (secondary N) is 1. The molecule has 3 fully saturated rings. The summed E-state index contributed by atoms with van der Waals surface area (Å²) >= 11 is 0. The van der Waals surface area contributed by atoms with Gasteiger partial charge in [0, 0.05) is 25.7 Å². The van der Waals surface area contributed by atoms with Crippen molar-refractivity contribution in [2.24, 2.45) is 0 Å². The Balaban J connectivity index is 1.40. The first kappa shape index (κ1) is 14.4. The normalized spacial score (nSPS) is 32.6. The van der Waals surface area contributed by atoms with Gasteiger partial charge in [-0.1, -0.05) is 6.07 Å². The SMILES string of the molecule is O=S(=O)(C1CC1)N1CC[C@@]2(C[C@H](Nc3ccccn3)CO2)C1. The predicted molar refractivity (Wildman–Crippen MR) is 83.1 cm³/mol. The lowest BCUT2D eigenvalue weighted by Crippen LogP contribution is -2.37. The number of hydrogen-bond acceptors (Lipinski definition) is 5. The van der Waals surface area contributed by atoms with E-state index in [-0.39, 0.29) is 16.9 Å². The lowest BCUT2D eigenvalue weighted by atomic mass is 9.97. The van der Waals surface area contributed by atoms with Crippen molar-refractivity contribution in [3.63, 3.8) is 0 Å². The summed E-state index contributed by atoms with van der Waals surface area (Å²) in [5.41, 5.74) is -0.311. The summed E-state index contributed by atoms with van der Waals surface area (Å²) in [5.74, 6) is 0.841. The molecule has 0 unspecified atom stereocenters. The summed E-state index contributed by atoms with van der Waals surface area (Å²) < 4.78 is 32.4. The van der Waals surface area contributed by atoms with Crippen LogP contribution in [0.4, 0.5) is 5.82 Å². The van der Waals surface area contributed by atoms with Crippen molar-refractivity contribution in [2.75, 3.05) is 25.0 Å². The third-order valence-electron chi connectivity index (χ3n) is 4.81. The molecule has 4 rings (SSSR count). The minimum atomic E-state index is -3.08. The first-order valence-corrected chi connectivity index (χ1v) is 9.38. The maximum atomic E-state index is 12.4. The van der Waals surface area contributed by atoms with Crippen LogP contribution in [0, 0.1) is 0 Å². The minimum Gasteiger partial charge on any atom is -0.371 e. The number of rotatable bonds is 4. The monoisotopic (exact) mass is 323 g/mol. The Morgan fingerprint density at radius 3 is 2.95 bits per heavy atom. The molecular weight excluding hydrogens is 302 g/mol. The van der Waals surface area contributed by atoms with Crippen molar-refractivity contribution in [2.45, 2.75) is 42.6 Å². The van der Waals surface area contributed by atoms with Crippen molar-refractivity contribution in [3.05, 3.63) is 24.4 Å². The van der Waals surface area contributed by atoms with Gasteiger partial charge >= 0.3 is 0 Å². The maximum Gasteiger partial charge on any atom is 0.217 e. The van der Waals surface area contributed by atoms with Crippen LogP contribution in [0.2, 0.25) is 0 Å². The number of ether oxygens (including phenoxy) is 1. The van der Waals surface area contributed by atoms with Crippen LogP contribution in [-0.4, -0.2) is 54.3 Å². The molecule has 0 bridgehead atoms. The highest BCUT2D eigenvalue weighted by Gasteiger charge is 2.51. The fourth-order valence-corrected chi connectivity index (χ4v) is 5.40. The first-order chi connectivity index (χ1) is 10.6. The standard InChI is InChI=1S/C15H21N3O3S/c19-22(20,13-4-5-13)18-8-6-15(11-18)9-12(10-21-15)17-14-3-1-2-7-16-14/h1-3,7,12-13H,4-6,8-11H2,(H,16,17)/t12-,15+/m0/s1. The van der Waals surface area contributed by atoms with Crippen molar-refractivity contribution < 1.29 is 13.2 Å². The van der Waals surface area contributed by atoms with Gasteiger partial charge in [-0.2, -0.15) is 4.31 Å². The van der Waals surface area contributed by atoms with Gasteiger partial charge in [-0.15, -0.1) is 0 Å². The van der Waals surface area contributed by atoms with Crippen LogP contribution in [0.25, 0.3) is 0 Å². The molecule has 6 nitrogen and oxygen atoms in total. The highest BCUT2D eigenvalue weighted by atomic mass is 32.2. The summed E-state index contributed by atoms with van der Waals surface area (Å²) in [4.78, 5) is 4.27. The number of aromatic nitrogens is 1. The molecule has 1 saturated carbocycles. The smallest absolute Gasteiger partial charge is 0.217 e. The van der Waals surface area contributed by atoms with E-state index in [1.807, 2.05) is 18.2 Å². The average molecular weight is 323 g/mol. The molecule has 1 aromatic rings.